The van der Waals surface area contributed by atoms with Gasteiger partial charge >= 0.3 is 0 Å². The number of benzene rings is 1. The Balaban J connectivity index is 2.84. The van der Waals surface area contributed by atoms with Crippen molar-refractivity contribution in [2.45, 2.75) is 12.8 Å². The van der Waals surface area contributed by atoms with Gasteiger partial charge in [-0.3, -0.25) is 0 Å². The molecule has 0 radical (unpaired) electrons. The predicted octanol–water partition coefficient (Wildman–Crippen LogP) is 3.13. The summed E-state index contributed by atoms with van der Waals surface area (Å²) in [5, 5.41) is 0. The Kier molecular flexibility index (Phi) is 2.71. The van der Waals surface area contributed by atoms with Gasteiger partial charge in [0.05, 0.1) is 0 Å². The largest absolute Gasteiger partial charge is 0.132 e. The quantitative estimate of drug-likeness (QED) is 0.559. The summed E-state index contributed by atoms with van der Waals surface area (Å²) in [5.74, 6) is 0.425. The summed E-state index contributed by atoms with van der Waals surface area (Å²) in [6.07, 6.45) is 1.97. The maximum absolute atomic E-state index is 3.55. The number of hydrogen-bond donors (Lipinski definition) is 0. The molecule has 1 atom stereocenters. The zero-order valence-corrected chi connectivity index (χ0v) is 6.75. The lowest BCUT2D eigenvalue weighted by Crippen LogP contribution is -1.85. The van der Waals surface area contributed by atoms with Crippen molar-refractivity contribution in [3.05, 3.63) is 54.3 Å². The average Bonchev–Trinajstić information content (AvgIpc) is 2.07. The van der Waals surface area contributed by atoms with Crippen molar-refractivity contribution in [1.82, 2.24) is 0 Å². The third-order valence-corrected chi connectivity index (χ3v) is 1.69. The van der Waals surface area contributed by atoms with Crippen molar-refractivity contribution in [2.75, 3.05) is 0 Å². The normalized spacial score (nSPS) is 11.7. The summed E-state index contributed by atoms with van der Waals surface area (Å²) in [5.41, 5.74) is 4.10. The fourth-order valence-electron chi connectivity index (χ4n) is 1.03. The minimum Gasteiger partial charge on any atom is -0.132 e. The van der Waals surface area contributed by atoms with Gasteiger partial charge in [0.2, 0.25) is 0 Å². The lowest BCUT2D eigenvalue weighted by Gasteiger charge is -2.03. The summed E-state index contributed by atoms with van der Waals surface area (Å²) in [6.45, 7) is 5.68. The number of allylic oxidation sites excluding steroid dienone is 1. The standard InChI is InChI=1S/C11H12/c1-3-7-10(2)11-8-5-4-6-9-11/h4-10H,1H2,2H3/t10-/m0/s1. The van der Waals surface area contributed by atoms with E-state index in [1.807, 2.05) is 24.3 Å². The van der Waals surface area contributed by atoms with Crippen LogP contribution in [0.5, 0.6) is 0 Å². The first-order valence-corrected chi connectivity index (χ1v) is 3.75. The Hall–Kier alpha value is -1.26. The molecule has 1 aromatic carbocycles. The van der Waals surface area contributed by atoms with E-state index >= 15 is 0 Å². The van der Waals surface area contributed by atoms with E-state index in [-0.39, 0.29) is 0 Å². The van der Waals surface area contributed by atoms with Crippen LogP contribution in [0.3, 0.4) is 0 Å². The van der Waals surface area contributed by atoms with Crippen LogP contribution in [0.4, 0.5) is 0 Å². The van der Waals surface area contributed by atoms with E-state index in [9.17, 15) is 0 Å². The van der Waals surface area contributed by atoms with Gasteiger partial charge in [-0.15, -0.1) is 5.73 Å². The highest BCUT2D eigenvalue weighted by Gasteiger charge is 1.97. The molecule has 0 heterocycles. The Morgan fingerprint density at radius 1 is 1.36 bits per heavy atom. The van der Waals surface area contributed by atoms with Crippen LogP contribution < -0.4 is 0 Å². The SMILES string of the molecule is C=C=C[C@H](C)c1ccccc1. The molecule has 0 saturated carbocycles. The van der Waals surface area contributed by atoms with Crippen molar-refractivity contribution >= 4 is 0 Å². The van der Waals surface area contributed by atoms with Crippen LogP contribution in [0, 0.1) is 0 Å². The Morgan fingerprint density at radius 3 is 2.55 bits per heavy atom. The summed E-state index contributed by atoms with van der Waals surface area (Å²) in [7, 11) is 0. The highest BCUT2D eigenvalue weighted by Crippen LogP contribution is 2.14. The third kappa shape index (κ3) is 2.10. The molecule has 1 rings (SSSR count). The van der Waals surface area contributed by atoms with Gasteiger partial charge in [-0.1, -0.05) is 43.8 Å². The molecule has 0 heteroatoms. The molecule has 0 unspecified atom stereocenters. The second kappa shape index (κ2) is 3.80. The zero-order valence-electron chi connectivity index (χ0n) is 6.75. The van der Waals surface area contributed by atoms with Gasteiger partial charge in [0, 0.05) is 5.92 Å². The first-order chi connectivity index (χ1) is 5.34. The lowest BCUT2D eigenvalue weighted by atomic mass is 10.0. The average molecular weight is 144 g/mol. The molecule has 0 bridgehead atoms. The molecular weight excluding hydrogens is 132 g/mol. The maximum Gasteiger partial charge on any atom is 0.00653 e. The molecule has 0 aromatic heterocycles. The second-order valence-electron chi connectivity index (χ2n) is 2.57. The van der Waals surface area contributed by atoms with E-state index in [2.05, 4.69) is 31.4 Å². The van der Waals surface area contributed by atoms with Crippen LogP contribution in [0.15, 0.2) is 48.7 Å². The predicted molar refractivity (Wildman–Crippen MR) is 48.6 cm³/mol. The Bertz CT molecular complexity index is 253. The lowest BCUT2D eigenvalue weighted by molar-refractivity contribution is 0.970. The van der Waals surface area contributed by atoms with Crippen molar-refractivity contribution < 1.29 is 0 Å². The molecule has 0 N–H and O–H groups in total. The first-order valence-electron chi connectivity index (χ1n) is 3.75. The summed E-state index contributed by atoms with van der Waals surface area (Å²) >= 11 is 0. The van der Waals surface area contributed by atoms with E-state index in [1.54, 1.807) is 0 Å². The van der Waals surface area contributed by atoms with E-state index in [1.165, 1.54) is 5.56 Å². The fraction of sp³-hybridized carbons (Fsp3) is 0.182. The Morgan fingerprint density at radius 2 is 2.00 bits per heavy atom. The Labute approximate surface area is 67.9 Å². The molecule has 0 nitrogen and oxygen atoms in total. The van der Waals surface area contributed by atoms with Gasteiger partial charge in [0.15, 0.2) is 0 Å². The summed E-state index contributed by atoms with van der Waals surface area (Å²) in [6, 6.07) is 10.3. The molecule has 0 aliphatic carbocycles. The monoisotopic (exact) mass is 144 g/mol. The maximum atomic E-state index is 3.55. The third-order valence-electron chi connectivity index (χ3n) is 1.69. The van der Waals surface area contributed by atoms with Crippen LogP contribution >= 0.6 is 0 Å². The van der Waals surface area contributed by atoms with Crippen LogP contribution in [-0.2, 0) is 0 Å². The molecular formula is C11H12. The van der Waals surface area contributed by atoms with Crippen LogP contribution in [0.2, 0.25) is 0 Å². The molecule has 0 spiro atoms. The van der Waals surface area contributed by atoms with Crippen LogP contribution in [0.1, 0.15) is 18.4 Å². The topological polar surface area (TPSA) is 0 Å². The molecule has 11 heavy (non-hydrogen) atoms. The van der Waals surface area contributed by atoms with Gasteiger partial charge in [0.1, 0.15) is 0 Å². The van der Waals surface area contributed by atoms with Crippen molar-refractivity contribution in [3.8, 4) is 0 Å². The van der Waals surface area contributed by atoms with Crippen molar-refractivity contribution in [2.24, 2.45) is 0 Å². The number of rotatable bonds is 2. The van der Waals surface area contributed by atoms with Gasteiger partial charge in [-0.05, 0) is 11.6 Å². The van der Waals surface area contributed by atoms with E-state index in [0.29, 0.717) is 5.92 Å². The molecule has 0 fully saturated rings. The van der Waals surface area contributed by atoms with Crippen LogP contribution in [0.25, 0.3) is 0 Å². The van der Waals surface area contributed by atoms with E-state index in [4.69, 9.17) is 0 Å². The molecule has 0 amide bonds. The van der Waals surface area contributed by atoms with Gasteiger partial charge in [-0.2, -0.15) is 0 Å². The minimum absolute atomic E-state index is 0.425. The summed E-state index contributed by atoms with van der Waals surface area (Å²) in [4.78, 5) is 0. The first kappa shape index (κ1) is 7.84. The minimum atomic E-state index is 0.425. The highest BCUT2D eigenvalue weighted by atomic mass is 14.0. The fourth-order valence-corrected chi connectivity index (χ4v) is 1.03. The molecule has 0 saturated heterocycles. The van der Waals surface area contributed by atoms with Crippen molar-refractivity contribution in [1.29, 1.82) is 0 Å². The van der Waals surface area contributed by atoms with Gasteiger partial charge < -0.3 is 0 Å². The summed E-state index contributed by atoms with van der Waals surface area (Å²) < 4.78 is 0. The van der Waals surface area contributed by atoms with Crippen LogP contribution in [-0.4, -0.2) is 0 Å². The van der Waals surface area contributed by atoms with Gasteiger partial charge in [0.25, 0.3) is 0 Å². The second-order valence-corrected chi connectivity index (χ2v) is 2.57. The zero-order chi connectivity index (χ0) is 8.10. The smallest absolute Gasteiger partial charge is 0.00653 e. The highest BCUT2D eigenvalue weighted by molar-refractivity contribution is 5.22. The van der Waals surface area contributed by atoms with E-state index < -0.39 is 0 Å². The molecule has 56 valence electrons. The molecule has 0 aliphatic heterocycles. The number of hydrogen-bond acceptors (Lipinski definition) is 0. The molecule has 1 aromatic rings. The van der Waals surface area contributed by atoms with Crippen molar-refractivity contribution in [3.63, 3.8) is 0 Å². The van der Waals surface area contributed by atoms with E-state index in [0.717, 1.165) is 0 Å². The molecule has 0 aliphatic rings. The van der Waals surface area contributed by atoms with Gasteiger partial charge in [-0.25, -0.2) is 0 Å².